The van der Waals surface area contributed by atoms with Crippen molar-refractivity contribution in [1.29, 1.82) is 0 Å². The monoisotopic (exact) mass is 403 g/mol. The van der Waals surface area contributed by atoms with Gasteiger partial charge in [0, 0.05) is 64.3 Å². The number of pyridine rings is 1. The molecule has 0 N–H and O–H groups in total. The fourth-order valence-electron chi connectivity index (χ4n) is 4.06. The lowest BCUT2D eigenvalue weighted by Gasteiger charge is -2.18. The van der Waals surface area contributed by atoms with Crippen molar-refractivity contribution in [3.8, 4) is 22.3 Å². The fraction of sp³-hybridized carbons (Fsp3) is 0.240. The quantitative estimate of drug-likeness (QED) is 0.381. The number of hydrogen-bond acceptors (Lipinski definition) is 2. The van der Waals surface area contributed by atoms with Crippen molar-refractivity contribution in [2.24, 2.45) is 5.92 Å². The second-order valence-electron chi connectivity index (χ2n) is 8.05. The van der Waals surface area contributed by atoms with Crippen molar-refractivity contribution < 1.29 is 0 Å². The number of benzene rings is 2. The van der Waals surface area contributed by atoms with Crippen LogP contribution in [0.15, 0.2) is 73.2 Å². The molecule has 0 saturated heterocycles. The van der Waals surface area contributed by atoms with Gasteiger partial charge in [0.1, 0.15) is 0 Å². The molecule has 0 spiro atoms. The molecule has 148 valence electrons. The van der Waals surface area contributed by atoms with Crippen LogP contribution in [-0.2, 0) is 6.54 Å². The Morgan fingerprint density at radius 2 is 1.76 bits per heavy atom. The summed E-state index contributed by atoms with van der Waals surface area (Å²) in [6.45, 7) is 4.35. The summed E-state index contributed by atoms with van der Waals surface area (Å²) < 4.78 is 2.38. The highest BCUT2D eigenvalue weighted by Gasteiger charge is 2.13. The Kier molecular flexibility index (Phi) is 5.70. The number of nitrogens with zero attached hydrogens (tertiary/aromatic N) is 3. The summed E-state index contributed by atoms with van der Waals surface area (Å²) in [5, 5.41) is 1.99. The predicted molar refractivity (Wildman–Crippen MR) is 123 cm³/mol. The summed E-state index contributed by atoms with van der Waals surface area (Å²) >= 11 is 6.19. The SMILES string of the molecule is CC(CN(C)C)Cn1cc(-c2cncc(-c3cccc(Cl)c3)c2)c2ccccc21. The fourth-order valence-corrected chi connectivity index (χ4v) is 4.25. The van der Waals surface area contributed by atoms with Crippen molar-refractivity contribution in [3.63, 3.8) is 0 Å². The molecule has 29 heavy (non-hydrogen) atoms. The van der Waals surface area contributed by atoms with Crippen LogP contribution in [0.4, 0.5) is 0 Å². The molecule has 2 aromatic heterocycles. The Morgan fingerprint density at radius 3 is 2.55 bits per heavy atom. The van der Waals surface area contributed by atoms with E-state index in [4.69, 9.17) is 11.6 Å². The van der Waals surface area contributed by atoms with Crippen molar-refractivity contribution in [1.82, 2.24) is 14.5 Å². The molecule has 0 saturated carbocycles. The van der Waals surface area contributed by atoms with Crippen LogP contribution in [0.2, 0.25) is 5.02 Å². The van der Waals surface area contributed by atoms with Crippen molar-refractivity contribution >= 4 is 22.5 Å². The van der Waals surface area contributed by atoms with Crippen LogP contribution in [0.3, 0.4) is 0 Å². The smallest absolute Gasteiger partial charge is 0.0486 e. The van der Waals surface area contributed by atoms with Crippen LogP contribution in [0.1, 0.15) is 6.92 Å². The summed E-state index contributed by atoms with van der Waals surface area (Å²) in [5.74, 6) is 0.560. The highest BCUT2D eigenvalue weighted by Crippen LogP contribution is 2.33. The molecule has 0 radical (unpaired) electrons. The Hall–Kier alpha value is -2.62. The van der Waals surface area contributed by atoms with Gasteiger partial charge >= 0.3 is 0 Å². The number of hydrogen-bond donors (Lipinski definition) is 0. The van der Waals surface area contributed by atoms with Crippen LogP contribution < -0.4 is 0 Å². The molecule has 0 aliphatic heterocycles. The molecule has 1 atom stereocenters. The molecule has 2 aromatic carbocycles. The maximum Gasteiger partial charge on any atom is 0.0486 e. The third-order valence-corrected chi connectivity index (χ3v) is 5.42. The van der Waals surface area contributed by atoms with E-state index in [-0.39, 0.29) is 0 Å². The first kappa shape index (κ1) is 19.7. The number of para-hydroxylation sites is 1. The van der Waals surface area contributed by atoms with E-state index in [2.05, 4.69) is 78.1 Å². The van der Waals surface area contributed by atoms with Crippen LogP contribution in [-0.4, -0.2) is 35.1 Å². The molecule has 4 aromatic rings. The Balaban J connectivity index is 1.76. The highest BCUT2D eigenvalue weighted by molar-refractivity contribution is 6.30. The van der Waals surface area contributed by atoms with Gasteiger partial charge in [-0.05, 0) is 49.8 Å². The maximum atomic E-state index is 6.19. The molecular formula is C25H26ClN3. The van der Waals surface area contributed by atoms with Crippen LogP contribution in [0.25, 0.3) is 33.2 Å². The van der Waals surface area contributed by atoms with Crippen LogP contribution in [0.5, 0.6) is 0 Å². The van der Waals surface area contributed by atoms with E-state index in [1.807, 2.05) is 30.6 Å². The lowest BCUT2D eigenvalue weighted by Crippen LogP contribution is -2.22. The zero-order chi connectivity index (χ0) is 20.4. The number of aromatic nitrogens is 2. The van der Waals surface area contributed by atoms with Gasteiger partial charge in [0.05, 0.1) is 0 Å². The standard InChI is InChI=1S/C25H26ClN3/c1-18(15-28(2)3)16-29-17-24(23-9-4-5-10-25(23)29)21-11-20(13-27-14-21)19-7-6-8-22(26)12-19/h4-14,17-18H,15-16H2,1-3H3. The molecule has 0 aliphatic rings. The summed E-state index contributed by atoms with van der Waals surface area (Å²) in [5.41, 5.74) is 5.76. The van der Waals surface area contributed by atoms with E-state index in [9.17, 15) is 0 Å². The van der Waals surface area contributed by atoms with Crippen molar-refractivity contribution in [2.75, 3.05) is 20.6 Å². The Morgan fingerprint density at radius 1 is 0.966 bits per heavy atom. The number of halogens is 1. The molecule has 0 aliphatic carbocycles. The van der Waals surface area contributed by atoms with E-state index in [1.165, 1.54) is 16.5 Å². The van der Waals surface area contributed by atoms with Gasteiger partial charge in [-0.1, -0.05) is 48.9 Å². The lowest BCUT2D eigenvalue weighted by molar-refractivity contribution is 0.318. The molecule has 4 heteroatoms. The third-order valence-electron chi connectivity index (χ3n) is 5.18. The van der Waals surface area contributed by atoms with Gasteiger partial charge in [-0.15, -0.1) is 0 Å². The minimum atomic E-state index is 0.560. The maximum absolute atomic E-state index is 6.19. The van der Waals surface area contributed by atoms with Gasteiger partial charge < -0.3 is 9.47 Å². The van der Waals surface area contributed by atoms with Gasteiger partial charge in [-0.25, -0.2) is 0 Å². The van der Waals surface area contributed by atoms with Gasteiger partial charge in [0.15, 0.2) is 0 Å². The molecule has 0 amide bonds. The second kappa shape index (κ2) is 8.40. The summed E-state index contributed by atoms with van der Waals surface area (Å²) in [6.07, 6.45) is 6.12. The first-order chi connectivity index (χ1) is 14.0. The predicted octanol–water partition coefficient (Wildman–Crippen LogP) is 6.22. The molecule has 1 unspecified atom stereocenters. The van der Waals surface area contributed by atoms with Gasteiger partial charge in [-0.2, -0.15) is 0 Å². The highest BCUT2D eigenvalue weighted by atomic mass is 35.5. The van der Waals surface area contributed by atoms with Crippen LogP contribution in [0, 0.1) is 5.92 Å². The van der Waals surface area contributed by atoms with Gasteiger partial charge in [0.25, 0.3) is 0 Å². The average molecular weight is 404 g/mol. The van der Waals surface area contributed by atoms with Gasteiger partial charge in [-0.3, -0.25) is 4.98 Å². The van der Waals surface area contributed by atoms with E-state index < -0.39 is 0 Å². The minimum absolute atomic E-state index is 0.560. The van der Waals surface area contributed by atoms with E-state index >= 15 is 0 Å². The zero-order valence-electron chi connectivity index (χ0n) is 17.1. The van der Waals surface area contributed by atoms with E-state index in [0.717, 1.165) is 34.8 Å². The third kappa shape index (κ3) is 4.36. The molecule has 2 heterocycles. The second-order valence-corrected chi connectivity index (χ2v) is 8.49. The first-order valence-corrected chi connectivity index (χ1v) is 10.3. The summed E-state index contributed by atoms with van der Waals surface area (Å²) in [6, 6.07) is 18.7. The normalized spacial score (nSPS) is 12.6. The van der Waals surface area contributed by atoms with E-state index in [1.54, 1.807) is 0 Å². The first-order valence-electron chi connectivity index (χ1n) is 9.95. The van der Waals surface area contributed by atoms with Crippen LogP contribution >= 0.6 is 11.6 Å². The Labute approximate surface area is 177 Å². The molecule has 4 rings (SSSR count). The summed E-state index contributed by atoms with van der Waals surface area (Å²) in [4.78, 5) is 6.77. The Bertz CT molecular complexity index is 1130. The molecular weight excluding hydrogens is 378 g/mol. The molecule has 3 nitrogen and oxygen atoms in total. The van der Waals surface area contributed by atoms with E-state index in [0.29, 0.717) is 5.92 Å². The van der Waals surface area contributed by atoms with Gasteiger partial charge in [0.2, 0.25) is 0 Å². The summed E-state index contributed by atoms with van der Waals surface area (Å²) in [7, 11) is 4.26. The number of rotatable bonds is 6. The largest absolute Gasteiger partial charge is 0.347 e. The number of fused-ring (bicyclic) bond motifs is 1. The average Bonchev–Trinajstić information content (AvgIpc) is 3.06. The zero-order valence-corrected chi connectivity index (χ0v) is 17.9. The lowest BCUT2D eigenvalue weighted by atomic mass is 10.0. The minimum Gasteiger partial charge on any atom is -0.347 e. The van der Waals surface area contributed by atoms with Crippen molar-refractivity contribution in [3.05, 3.63) is 78.2 Å². The van der Waals surface area contributed by atoms with Crippen molar-refractivity contribution in [2.45, 2.75) is 13.5 Å². The molecule has 0 fully saturated rings. The molecule has 0 bridgehead atoms. The topological polar surface area (TPSA) is 21.1 Å².